The first-order chi connectivity index (χ1) is 15.7. The Kier molecular flexibility index (Phi) is 6.29. The molecule has 4 rings (SSSR count). The second-order valence-corrected chi connectivity index (χ2v) is 7.69. The highest BCUT2D eigenvalue weighted by Crippen LogP contribution is 2.30. The van der Waals surface area contributed by atoms with Crippen LogP contribution in [0.2, 0.25) is 0 Å². The summed E-state index contributed by atoms with van der Waals surface area (Å²) >= 11 is 0. The highest BCUT2D eigenvalue weighted by Gasteiger charge is 2.31. The van der Waals surface area contributed by atoms with Gasteiger partial charge in [-0.05, 0) is 23.3 Å². The van der Waals surface area contributed by atoms with Crippen LogP contribution in [-0.4, -0.2) is 25.7 Å². The summed E-state index contributed by atoms with van der Waals surface area (Å²) in [7, 11) is 2.41. The summed E-state index contributed by atoms with van der Waals surface area (Å²) < 4.78 is 58.7. The third kappa shape index (κ3) is 5.46. The number of hydrogen-bond donors (Lipinski definition) is 0. The molecule has 0 bridgehead atoms. The first-order valence-corrected chi connectivity index (χ1v) is 10.1. The summed E-state index contributed by atoms with van der Waals surface area (Å²) in [6.07, 6.45) is -0.264. The molecule has 1 aromatic carbocycles. The van der Waals surface area contributed by atoms with E-state index in [2.05, 4.69) is 29.2 Å². The summed E-state index contributed by atoms with van der Waals surface area (Å²) in [5, 5.41) is 0. The number of halogens is 4. The topological polar surface area (TPSA) is 77.9 Å². The van der Waals surface area contributed by atoms with E-state index in [-0.39, 0.29) is 29.7 Å². The molecule has 0 aliphatic rings. The number of ether oxygens (including phenoxy) is 1. The van der Waals surface area contributed by atoms with Gasteiger partial charge in [0.1, 0.15) is 17.3 Å². The molecule has 0 N–H and O–H groups in total. The molecule has 3 aromatic heterocycles. The Bertz CT molecular complexity index is 1350. The lowest BCUT2D eigenvalue weighted by molar-refractivity contribution is -0.138. The number of nitrogens with zero attached hydrogens (tertiary/aromatic N) is 4. The zero-order chi connectivity index (χ0) is 23.6. The van der Waals surface area contributed by atoms with Crippen molar-refractivity contribution < 1.29 is 27.1 Å². The Morgan fingerprint density at radius 1 is 1.03 bits per heavy atom. The number of carbonyl (C=O) groups is 1. The molecule has 1 atom stereocenters. The molecule has 1 unspecified atom stereocenters. The molecule has 168 valence electrons. The first kappa shape index (κ1) is 22.7. The standard InChI is InChI=1S/C22H15F4N4O2P/c23-17-8-16(32-18-3-4-28-21-20(18)29-11-19(33)30-21)2-1-13(17)7-15(31)6-12-5-14(10-27-9-12)22(24,25)26/h1-5,8-11H,6-7,33H2. The van der Waals surface area contributed by atoms with Crippen molar-refractivity contribution in [3.8, 4) is 11.5 Å². The van der Waals surface area contributed by atoms with Crippen LogP contribution < -0.4 is 10.2 Å². The summed E-state index contributed by atoms with van der Waals surface area (Å²) in [5.41, 5.74) is 0.634. The lowest BCUT2D eigenvalue weighted by Crippen LogP contribution is -2.11. The maximum atomic E-state index is 14.6. The molecule has 0 amide bonds. The van der Waals surface area contributed by atoms with Crippen molar-refractivity contribution in [2.24, 2.45) is 0 Å². The van der Waals surface area contributed by atoms with Crippen LogP contribution in [0.1, 0.15) is 16.7 Å². The average molecular weight is 474 g/mol. The van der Waals surface area contributed by atoms with Crippen molar-refractivity contribution in [1.29, 1.82) is 0 Å². The van der Waals surface area contributed by atoms with E-state index in [1.165, 1.54) is 30.7 Å². The molecule has 4 aromatic rings. The first-order valence-electron chi connectivity index (χ1n) is 9.55. The number of Topliss-reactive ketones (excluding diaryl/α,β-unsaturated/α-hetero) is 1. The summed E-state index contributed by atoms with van der Waals surface area (Å²) in [5.74, 6) is -0.625. The Morgan fingerprint density at radius 3 is 2.61 bits per heavy atom. The maximum absolute atomic E-state index is 14.6. The Labute approximate surface area is 187 Å². The van der Waals surface area contributed by atoms with Crippen LogP contribution in [-0.2, 0) is 23.8 Å². The number of benzene rings is 1. The number of pyridine rings is 2. The molecule has 0 spiro atoms. The van der Waals surface area contributed by atoms with Gasteiger partial charge in [0.15, 0.2) is 16.9 Å². The third-order valence-electron chi connectivity index (χ3n) is 4.59. The number of fused-ring (bicyclic) bond motifs is 1. The quantitative estimate of drug-likeness (QED) is 0.308. The fourth-order valence-electron chi connectivity index (χ4n) is 3.10. The van der Waals surface area contributed by atoms with Crippen molar-refractivity contribution in [3.05, 3.63) is 77.6 Å². The SMILES string of the molecule is O=C(Cc1cncc(C(F)(F)F)c1)Cc1ccc(Oc2ccnc3nc(P)cnc23)cc1F. The van der Waals surface area contributed by atoms with Gasteiger partial charge in [-0.15, -0.1) is 0 Å². The molecule has 3 heterocycles. The highest BCUT2D eigenvalue weighted by molar-refractivity contribution is 7.26. The third-order valence-corrected chi connectivity index (χ3v) is 4.87. The minimum Gasteiger partial charge on any atom is -0.455 e. The number of rotatable bonds is 6. The van der Waals surface area contributed by atoms with E-state index in [0.717, 1.165) is 12.1 Å². The number of hydrogen-bond acceptors (Lipinski definition) is 6. The van der Waals surface area contributed by atoms with Crippen molar-refractivity contribution in [2.45, 2.75) is 19.0 Å². The van der Waals surface area contributed by atoms with Gasteiger partial charge in [0.05, 0.1) is 17.2 Å². The van der Waals surface area contributed by atoms with Crippen LogP contribution in [0.5, 0.6) is 11.5 Å². The fraction of sp³-hybridized carbons (Fsp3) is 0.136. The number of carbonyl (C=O) groups excluding carboxylic acids is 1. The molecule has 11 heteroatoms. The monoisotopic (exact) mass is 474 g/mol. The second kappa shape index (κ2) is 9.15. The van der Waals surface area contributed by atoms with Crippen molar-refractivity contribution >= 4 is 31.6 Å². The normalized spacial score (nSPS) is 11.5. The summed E-state index contributed by atoms with van der Waals surface area (Å²) in [6, 6.07) is 6.43. The van der Waals surface area contributed by atoms with Gasteiger partial charge in [-0.2, -0.15) is 13.2 Å². The molecule has 0 aliphatic carbocycles. The second-order valence-electron chi connectivity index (χ2n) is 7.10. The van der Waals surface area contributed by atoms with Gasteiger partial charge in [-0.1, -0.05) is 15.3 Å². The lowest BCUT2D eigenvalue weighted by atomic mass is 10.0. The van der Waals surface area contributed by atoms with Gasteiger partial charge in [-0.3, -0.25) is 9.78 Å². The molecule has 6 nitrogen and oxygen atoms in total. The van der Waals surface area contributed by atoms with Gasteiger partial charge in [0.25, 0.3) is 0 Å². The van der Waals surface area contributed by atoms with Gasteiger partial charge >= 0.3 is 6.18 Å². The van der Waals surface area contributed by atoms with E-state index in [1.54, 1.807) is 6.07 Å². The molecule has 33 heavy (non-hydrogen) atoms. The predicted molar refractivity (Wildman–Crippen MR) is 115 cm³/mol. The van der Waals surface area contributed by atoms with Crippen LogP contribution in [0.4, 0.5) is 17.6 Å². The van der Waals surface area contributed by atoms with Gasteiger partial charge in [-0.25, -0.2) is 19.3 Å². The average Bonchev–Trinajstić information content (AvgIpc) is 2.75. The van der Waals surface area contributed by atoms with Crippen LogP contribution in [0.15, 0.2) is 55.1 Å². The largest absolute Gasteiger partial charge is 0.455 e. The van der Waals surface area contributed by atoms with Gasteiger partial charge in [0.2, 0.25) is 0 Å². The minimum atomic E-state index is -4.56. The molecular weight excluding hydrogens is 459 g/mol. The Morgan fingerprint density at radius 2 is 1.85 bits per heavy atom. The molecule has 0 aliphatic heterocycles. The number of ketones is 1. The Balaban J connectivity index is 1.47. The molecule has 0 saturated heterocycles. The minimum absolute atomic E-state index is 0.0966. The van der Waals surface area contributed by atoms with E-state index in [0.29, 0.717) is 28.5 Å². The fourth-order valence-corrected chi connectivity index (χ4v) is 3.29. The van der Waals surface area contributed by atoms with E-state index < -0.39 is 23.3 Å². The Hall–Kier alpha value is -3.52. The van der Waals surface area contributed by atoms with Crippen LogP contribution in [0.25, 0.3) is 11.2 Å². The highest BCUT2D eigenvalue weighted by atomic mass is 31.0. The van der Waals surface area contributed by atoms with E-state index in [1.807, 2.05) is 0 Å². The number of alkyl halides is 3. The van der Waals surface area contributed by atoms with Gasteiger partial charge in [0, 0.05) is 43.6 Å². The van der Waals surface area contributed by atoms with Crippen molar-refractivity contribution in [2.75, 3.05) is 0 Å². The zero-order valence-corrected chi connectivity index (χ0v) is 18.0. The van der Waals surface area contributed by atoms with Crippen LogP contribution in [0.3, 0.4) is 0 Å². The maximum Gasteiger partial charge on any atom is 0.417 e. The lowest BCUT2D eigenvalue weighted by Gasteiger charge is -2.10. The van der Waals surface area contributed by atoms with E-state index in [4.69, 9.17) is 4.74 Å². The van der Waals surface area contributed by atoms with Gasteiger partial charge < -0.3 is 4.74 Å². The number of aromatic nitrogens is 4. The van der Waals surface area contributed by atoms with Crippen molar-refractivity contribution in [1.82, 2.24) is 19.9 Å². The molecule has 0 radical (unpaired) electrons. The van der Waals surface area contributed by atoms with Crippen LogP contribution >= 0.6 is 9.24 Å². The summed E-state index contributed by atoms with van der Waals surface area (Å²) in [6.45, 7) is 0. The van der Waals surface area contributed by atoms with Crippen LogP contribution in [0, 0.1) is 5.82 Å². The summed E-state index contributed by atoms with van der Waals surface area (Å²) in [4.78, 5) is 28.4. The molecule has 0 fully saturated rings. The van der Waals surface area contributed by atoms with Crippen molar-refractivity contribution in [3.63, 3.8) is 0 Å². The van der Waals surface area contributed by atoms with E-state index >= 15 is 0 Å². The predicted octanol–water partition coefficient (Wildman–Crippen LogP) is 4.22. The van der Waals surface area contributed by atoms with E-state index in [9.17, 15) is 22.4 Å². The molecule has 0 saturated carbocycles. The smallest absolute Gasteiger partial charge is 0.417 e. The molecular formula is C22H15F4N4O2P. The zero-order valence-electron chi connectivity index (χ0n) is 16.8.